The van der Waals surface area contributed by atoms with Gasteiger partial charge in [-0.2, -0.15) is 0 Å². The highest BCUT2D eigenvalue weighted by molar-refractivity contribution is 5.85. The zero-order chi connectivity index (χ0) is 8.98. The van der Waals surface area contributed by atoms with Gasteiger partial charge in [0.2, 0.25) is 0 Å². The summed E-state index contributed by atoms with van der Waals surface area (Å²) in [7, 11) is 0. The summed E-state index contributed by atoms with van der Waals surface area (Å²) in [5, 5.41) is 0. The van der Waals surface area contributed by atoms with Crippen LogP contribution in [0.5, 0.6) is 0 Å². The second-order valence-corrected chi connectivity index (χ2v) is 4.94. The van der Waals surface area contributed by atoms with Crippen molar-refractivity contribution in [3.05, 3.63) is 0 Å². The molecular weight excluding hydrogens is 150 g/mol. The Morgan fingerprint density at radius 1 is 1.25 bits per heavy atom. The molecule has 0 spiro atoms. The third-order valence-corrected chi connectivity index (χ3v) is 3.88. The summed E-state index contributed by atoms with van der Waals surface area (Å²) in [5.74, 6) is 1.55. The Balaban J connectivity index is 2.19. The lowest BCUT2D eigenvalue weighted by molar-refractivity contribution is 0.328. The molecule has 0 radical (unpaired) electrons. The lowest BCUT2D eigenvalue weighted by Gasteiger charge is -2.03. The Morgan fingerprint density at radius 2 is 1.83 bits per heavy atom. The van der Waals surface area contributed by atoms with E-state index in [2.05, 4.69) is 32.7 Å². The van der Waals surface area contributed by atoms with E-state index in [9.17, 15) is 0 Å². The normalized spacial score (nSPS) is 31.2. The van der Waals surface area contributed by atoms with Crippen molar-refractivity contribution < 1.29 is 4.74 Å². The van der Waals surface area contributed by atoms with Gasteiger partial charge in [-0.3, -0.25) is 4.99 Å². The molecule has 1 saturated carbocycles. The van der Waals surface area contributed by atoms with Gasteiger partial charge < -0.3 is 4.74 Å². The van der Waals surface area contributed by atoms with Crippen molar-refractivity contribution in [1.29, 1.82) is 0 Å². The van der Waals surface area contributed by atoms with Gasteiger partial charge in [-0.25, -0.2) is 0 Å². The molecule has 2 nitrogen and oxygen atoms in total. The molecule has 1 heterocycles. The van der Waals surface area contributed by atoms with E-state index in [-0.39, 0.29) is 0 Å². The van der Waals surface area contributed by atoms with Crippen LogP contribution in [0.3, 0.4) is 0 Å². The van der Waals surface area contributed by atoms with Crippen molar-refractivity contribution >= 4 is 5.90 Å². The molecule has 68 valence electrons. The van der Waals surface area contributed by atoms with Crippen molar-refractivity contribution in [2.45, 2.75) is 27.7 Å². The first kappa shape index (κ1) is 8.09. The van der Waals surface area contributed by atoms with E-state index in [1.807, 2.05) is 0 Å². The van der Waals surface area contributed by atoms with Gasteiger partial charge in [-0.05, 0) is 10.8 Å². The molecule has 0 amide bonds. The lowest BCUT2D eigenvalue weighted by Crippen LogP contribution is -2.06. The predicted octanol–water partition coefficient (Wildman–Crippen LogP) is 2.10. The van der Waals surface area contributed by atoms with Gasteiger partial charge in [0.15, 0.2) is 5.90 Å². The van der Waals surface area contributed by atoms with Crippen LogP contribution in [0.1, 0.15) is 27.7 Å². The van der Waals surface area contributed by atoms with E-state index in [0.29, 0.717) is 16.7 Å². The van der Waals surface area contributed by atoms with E-state index in [0.717, 1.165) is 19.0 Å². The molecule has 0 N–H and O–H groups in total. The standard InChI is InChI=1S/C10H17NO/c1-9(2)7(10(9,3)4)8-11-5-6-12-8/h7H,5-6H2,1-4H3. The van der Waals surface area contributed by atoms with Crippen molar-refractivity contribution in [2.24, 2.45) is 21.7 Å². The van der Waals surface area contributed by atoms with Crippen LogP contribution >= 0.6 is 0 Å². The molecule has 0 aromatic rings. The van der Waals surface area contributed by atoms with E-state index in [1.165, 1.54) is 0 Å². The largest absolute Gasteiger partial charge is 0.479 e. The van der Waals surface area contributed by atoms with Gasteiger partial charge in [0.1, 0.15) is 6.61 Å². The Morgan fingerprint density at radius 3 is 2.17 bits per heavy atom. The zero-order valence-electron chi connectivity index (χ0n) is 8.35. The number of aliphatic imine (C=N–C) groups is 1. The van der Waals surface area contributed by atoms with E-state index < -0.39 is 0 Å². The fraction of sp³-hybridized carbons (Fsp3) is 0.900. The second kappa shape index (κ2) is 2.04. The maximum Gasteiger partial charge on any atom is 0.187 e. The SMILES string of the molecule is CC1(C)C(C2=NCCO2)C1(C)C. The third kappa shape index (κ3) is 0.782. The quantitative estimate of drug-likeness (QED) is 0.586. The molecule has 2 rings (SSSR count). The molecule has 0 unspecified atom stereocenters. The Kier molecular flexibility index (Phi) is 1.37. The first-order valence-corrected chi connectivity index (χ1v) is 4.65. The third-order valence-electron chi connectivity index (χ3n) is 3.88. The highest BCUT2D eigenvalue weighted by atomic mass is 16.5. The van der Waals surface area contributed by atoms with E-state index in [1.54, 1.807) is 0 Å². The molecule has 0 aromatic carbocycles. The van der Waals surface area contributed by atoms with Gasteiger partial charge in [-0.15, -0.1) is 0 Å². The molecular formula is C10H17NO. The van der Waals surface area contributed by atoms with Gasteiger partial charge in [0.25, 0.3) is 0 Å². The minimum absolute atomic E-state index is 0.371. The predicted molar refractivity (Wildman–Crippen MR) is 49.3 cm³/mol. The molecule has 2 aliphatic rings. The van der Waals surface area contributed by atoms with Gasteiger partial charge in [-0.1, -0.05) is 27.7 Å². The number of hydrogen-bond donors (Lipinski definition) is 0. The average Bonchev–Trinajstić information content (AvgIpc) is 2.39. The van der Waals surface area contributed by atoms with Crippen LogP contribution in [-0.4, -0.2) is 19.0 Å². The molecule has 1 fully saturated rings. The fourth-order valence-electron chi connectivity index (χ4n) is 2.34. The first-order valence-electron chi connectivity index (χ1n) is 4.65. The van der Waals surface area contributed by atoms with Crippen LogP contribution in [0, 0.1) is 16.7 Å². The summed E-state index contributed by atoms with van der Waals surface area (Å²) < 4.78 is 5.50. The Bertz CT molecular complexity index is 226. The summed E-state index contributed by atoms with van der Waals surface area (Å²) in [4.78, 5) is 4.38. The van der Waals surface area contributed by atoms with Crippen LogP contribution in [0.4, 0.5) is 0 Å². The van der Waals surface area contributed by atoms with Crippen molar-refractivity contribution in [3.63, 3.8) is 0 Å². The smallest absolute Gasteiger partial charge is 0.187 e. The molecule has 2 heteroatoms. The molecule has 1 aliphatic heterocycles. The lowest BCUT2D eigenvalue weighted by atomic mass is 10.0. The Labute approximate surface area is 74.0 Å². The van der Waals surface area contributed by atoms with Crippen LogP contribution in [-0.2, 0) is 4.74 Å². The minimum atomic E-state index is 0.371. The molecule has 0 atom stereocenters. The summed E-state index contributed by atoms with van der Waals surface area (Å²) in [6.07, 6.45) is 0. The van der Waals surface area contributed by atoms with Crippen LogP contribution in [0.15, 0.2) is 4.99 Å². The highest BCUT2D eigenvalue weighted by Crippen LogP contribution is 2.69. The molecule has 0 bridgehead atoms. The number of hydrogen-bond acceptors (Lipinski definition) is 2. The maximum absolute atomic E-state index is 5.50. The Hall–Kier alpha value is -0.530. The van der Waals surface area contributed by atoms with Gasteiger partial charge >= 0.3 is 0 Å². The summed E-state index contributed by atoms with van der Waals surface area (Å²) in [6.45, 7) is 10.8. The molecule has 0 aromatic heterocycles. The van der Waals surface area contributed by atoms with Crippen LogP contribution in [0.2, 0.25) is 0 Å². The molecule has 1 aliphatic carbocycles. The highest BCUT2D eigenvalue weighted by Gasteiger charge is 2.68. The zero-order valence-corrected chi connectivity index (χ0v) is 8.35. The number of ether oxygens (including phenoxy) is 1. The van der Waals surface area contributed by atoms with Crippen LogP contribution in [0.25, 0.3) is 0 Å². The number of rotatable bonds is 1. The summed E-state index contributed by atoms with van der Waals surface area (Å²) >= 11 is 0. The average molecular weight is 167 g/mol. The van der Waals surface area contributed by atoms with Gasteiger partial charge in [0.05, 0.1) is 6.54 Å². The minimum Gasteiger partial charge on any atom is -0.479 e. The number of nitrogens with zero attached hydrogens (tertiary/aromatic N) is 1. The molecule has 12 heavy (non-hydrogen) atoms. The van der Waals surface area contributed by atoms with Crippen molar-refractivity contribution in [1.82, 2.24) is 0 Å². The molecule has 0 saturated heterocycles. The summed E-state index contributed by atoms with van der Waals surface area (Å²) in [5.41, 5.74) is 0.742. The van der Waals surface area contributed by atoms with Crippen LogP contribution < -0.4 is 0 Å². The van der Waals surface area contributed by atoms with E-state index in [4.69, 9.17) is 4.74 Å². The maximum atomic E-state index is 5.50. The van der Waals surface area contributed by atoms with Crippen molar-refractivity contribution in [3.8, 4) is 0 Å². The second-order valence-electron chi connectivity index (χ2n) is 4.94. The monoisotopic (exact) mass is 167 g/mol. The first-order chi connectivity index (χ1) is 5.48. The van der Waals surface area contributed by atoms with Crippen molar-refractivity contribution in [2.75, 3.05) is 13.2 Å². The van der Waals surface area contributed by atoms with E-state index >= 15 is 0 Å². The summed E-state index contributed by atoms with van der Waals surface area (Å²) in [6, 6.07) is 0. The topological polar surface area (TPSA) is 21.6 Å². The van der Waals surface area contributed by atoms with Gasteiger partial charge in [0, 0.05) is 5.92 Å². The fourth-order valence-corrected chi connectivity index (χ4v) is 2.34.